The Morgan fingerprint density at radius 1 is 0.815 bits per heavy atom. The summed E-state index contributed by atoms with van der Waals surface area (Å²) in [7, 11) is 0. The molecule has 3 rings (SSSR count). The van der Waals surface area contributed by atoms with Crippen molar-refractivity contribution in [3.8, 4) is 0 Å². The number of carbonyl (C=O) groups is 2. The molecule has 0 aliphatic heterocycles. The Balaban J connectivity index is 1.81. The van der Waals surface area contributed by atoms with Crippen LogP contribution in [0.3, 0.4) is 0 Å². The Morgan fingerprint density at radius 3 is 2.04 bits per heavy atom. The molecule has 1 aromatic heterocycles. The highest BCUT2D eigenvalue weighted by atomic mass is 16.2. The molecule has 134 valence electrons. The molecule has 0 bridgehead atoms. The molecule has 2 aromatic carbocycles. The van der Waals surface area contributed by atoms with Gasteiger partial charge in [0.1, 0.15) is 11.9 Å². The van der Waals surface area contributed by atoms with E-state index in [0.717, 1.165) is 0 Å². The molecule has 0 saturated heterocycles. The lowest BCUT2D eigenvalue weighted by molar-refractivity contribution is -0.121. The van der Waals surface area contributed by atoms with E-state index < -0.39 is 17.9 Å². The molecule has 0 aliphatic carbocycles. The lowest BCUT2D eigenvalue weighted by Crippen LogP contribution is -2.42. The molecular formula is C21H18N4O2. The van der Waals surface area contributed by atoms with Crippen LogP contribution in [0.15, 0.2) is 85.2 Å². The quantitative estimate of drug-likeness (QED) is 0.483. The molecule has 1 atom stereocenters. The van der Waals surface area contributed by atoms with Gasteiger partial charge in [-0.1, -0.05) is 60.7 Å². The maximum absolute atomic E-state index is 12.8. The summed E-state index contributed by atoms with van der Waals surface area (Å²) in [5.41, 5.74) is 1.60. The van der Waals surface area contributed by atoms with E-state index in [1.807, 2.05) is 12.1 Å². The minimum absolute atomic E-state index is 0.0281. The summed E-state index contributed by atoms with van der Waals surface area (Å²) in [4.78, 5) is 29.2. The van der Waals surface area contributed by atoms with Gasteiger partial charge in [-0.25, -0.2) is 0 Å². The third kappa shape index (κ3) is 4.64. The number of nitrogens with one attached hydrogen (secondary N) is 3. The molecule has 6 nitrogen and oxygen atoms in total. The van der Waals surface area contributed by atoms with Crippen molar-refractivity contribution in [1.29, 1.82) is 5.41 Å². The summed E-state index contributed by atoms with van der Waals surface area (Å²) in [6, 6.07) is 20.0. The maximum atomic E-state index is 12.8. The number of hydrogen-bond acceptors (Lipinski definition) is 4. The summed E-state index contributed by atoms with van der Waals surface area (Å²) in [6.45, 7) is 0. The van der Waals surface area contributed by atoms with E-state index in [0.29, 0.717) is 16.7 Å². The Bertz CT molecular complexity index is 928. The van der Waals surface area contributed by atoms with E-state index in [2.05, 4.69) is 15.6 Å². The van der Waals surface area contributed by atoms with Gasteiger partial charge < -0.3 is 10.6 Å². The number of nitrogens with zero attached hydrogens (tertiary/aromatic N) is 1. The van der Waals surface area contributed by atoms with Crippen LogP contribution in [-0.4, -0.2) is 22.6 Å². The van der Waals surface area contributed by atoms with E-state index in [-0.39, 0.29) is 5.84 Å². The van der Waals surface area contributed by atoms with Crippen LogP contribution in [0, 0.1) is 5.41 Å². The van der Waals surface area contributed by atoms with Crippen LogP contribution >= 0.6 is 0 Å². The van der Waals surface area contributed by atoms with Gasteiger partial charge in [0.05, 0.1) is 0 Å². The zero-order valence-electron chi connectivity index (χ0n) is 14.4. The molecule has 3 N–H and O–H groups in total. The van der Waals surface area contributed by atoms with E-state index in [9.17, 15) is 9.59 Å². The number of rotatable bonds is 5. The summed E-state index contributed by atoms with van der Waals surface area (Å²) in [5, 5.41) is 13.4. The number of hydrogen-bond donors (Lipinski definition) is 3. The van der Waals surface area contributed by atoms with Crippen LogP contribution in [0.25, 0.3) is 0 Å². The lowest BCUT2D eigenvalue weighted by atomic mass is 10.1. The van der Waals surface area contributed by atoms with Crippen LogP contribution in [0.1, 0.15) is 27.5 Å². The van der Waals surface area contributed by atoms with Crippen molar-refractivity contribution in [2.24, 2.45) is 0 Å². The van der Waals surface area contributed by atoms with Crippen molar-refractivity contribution >= 4 is 17.6 Å². The summed E-state index contributed by atoms with van der Waals surface area (Å²) < 4.78 is 0. The average Bonchev–Trinajstić information content (AvgIpc) is 2.73. The number of amides is 2. The first-order chi connectivity index (χ1) is 13.1. The van der Waals surface area contributed by atoms with E-state index in [1.54, 1.807) is 60.7 Å². The van der Waals surface area contributed by atoms with Gasteiger partial charge in [-0.15, -0.1) is 0 Å². The van der Waals surface area contributed by atoms with Gasteiger partial charge in [0.2, 0.25) is 0 Å². The van der Waals surface area contributed by atoms with E-state index in [4.69, 9.17) is 5.41 Å². The van der Waals surface area contributed by atoms with Crippen molar-refractivity contribution in [1.82, 2.24) is 15.6 Å². The summed E-state index contributed by atoms with van der Waals surface area (Å²) in [5.74, 6) is -0.912. The standard InChI is InChI=1S/C21H18N4O2/c22-19(16-9-5-2-6-10-16)25-21(27)18(15-7-3-1-4-8-15)24-20(26)17-11-13-23-14-12-17/h1-14,18H,(H,24,26)(H2,22,25,27). The minimum Gasteiger partial charge on any atom is -0.336 e. The first kappa shape index (κ1) is 18.0. The average molecular weight is 358 g/mol. The van der Waals surface area contributed by atoms with Crippen molar-refractivity contribution < 1.29 is 9.59 Å². The first-order valence-corrected chi connectivity index (χ1v) is 8.36. The monoisotopic (exact) mass is 358 g/mol. The normalized spacial score (nSPS) is 11.3. The molecule has 0 aliphatic rings. The smallest absolute Gasteiger partial charge is 0.252 e. The molecule has 6 heteroatoms. The fourth-order valence-electron chi connectivity index (χ4n) is 2.54. The predicted molar refractivity (Wildman–Crippen MR) is 102 cm³/mol. The number of amidine groups is 1. The number of aromatic nitrogens is 1. The molecule has 1 heterocycles. The fourth-order valence-corrected chi connectivity index (χ4v) is 2.54. The Hall–Kier alpha value is -3.80. The molecular weight excluding hydrogens is 340 g/mol. The second-order valence-electron chi connectivity index (χ2n) is 5.78. The van der Waals surface area contributed by atoms with Crippen LogP contribution in [0.2, 0.25) is 0 Å². The zero-order chi connectivity index (χ0) is 19.1. The van der Waals surface area contributed by atoms with Gasteiger partial charge >= 0.3 is 0 Å². The van der Waals surface area contributed by atoms with Gasteiger partial charge in [-0.2, -0.15) is 0 Å². The molecule has 3 aromatic rings. The van der Waals surface area contributed by atoms with Crippen LogP contribution in [0.4, 0.5) is 0 Å². The third-order valence-electron chi connectivity index (χ3n) is 3.92. The molecule has 0 spiro atoms. The topological polar surface area (TPSA) is 94.9 Å². The predicted octanol–water partition coefficient (Wildman–Crippen LogP) is 2.69. The highest BCUT2D eigenvalue weighted by molar-refractivity contribution is 6.08. The SMILES string of the molecule is N=C(NC(=O)C(NC(=O)c1ccncc1)c1ccccc1)c1ccccc1. The van der Waals surface area contributed by atoms with Crippen LogP contribution in [0.5, 0.6) is 0 Å². The van der Waals surface area contributed by atoms with Crippen molar-refractivity contribution in [2.75, 3.05) is 0 Å². The number of pyridine rings is 1. The molecule has 1 unspecified atom stereocenters. The summed E-state index contributed by atoms with van der Waals surface area (Å²) >= 11 is 0. The Labute approximate surface area is 156 Å². The lowest BCUT2D eigenvalue weighted by Gasteiger charge is -2.19. The zero-order valence-corrected chi connectivity index (χ0v) is 14.4. The first-order valence-electron chi connectivity index (χ1n) is 8.36. The van der Waals surface area contributed by atoms with Gasteiger partial charge in [0.15, 0.2) is 0 Å². The molecule has 2 amide bonds. The van der Waals surface area contributed by atoms with Gasteiger partial charge in [0, 0.05) is 23.5 Å². The minimum atomic E-state index is -0.934. The summed E-state index contributed by atoms with van der Waals surface area (Å²) in [6.07, 6.45) is 3.02. The highest BCUT2D eigenvalue weighted by Crippen LogP contribution is 2.14. The highest BCUT2D eigenvalue weighted by Gasteiger charge is 2.24. The molecule has 27 heavy (non-hydrogen) atoms. The van der Waals surface area contributed by atoms with Gasteiger partial charge in [0.25, 0.3) is 11.8 Å². The van der Waals surface area contributed by atoms with Crippen LogP contribution in [-0.2, 0) is 4.79 Å². The molecule has 0 radical (unpaired) electrons. The molecule has 0 fully saturated rings. The Kier molecular flexibility index (Phi) is 5.69. The second-order valence-corrected chi connectivity index (χ2v) is 5.78. The number of carbonyl (C=O) groups excluding carboxylic acids is 2. The Morgan fingerprint density at radius 2 is 1.41 bits per heavy atom. The maximum Gasteiger partial charge on any atom is 0.252 e. The third-order valence-corrected chi connectivity index (χ3v) is 3.92. The number of benzene rings is 2. The van der Waals surface area contributed by atoms with Crippen molar-refractivity contribution in [3.05, 3.63) is 102 Å². The molecule has 0 saturated carbocycles. The largest absolute Gasteiger partial charge is 0.336 e. The van der Waals surface area contributed by atoms with Gasteiger partial charge in [-0.05, 0) is 17.7 Å². The van der Waals surface area contributed by atoms with E-state index >= 15 is 0 Å². The van der Waals surface area contributed by atoms with Crippen molar-refractivity contribution in [3.63, 3.8) is 0 Å². The van der Waals surface area contributed by atoms with E-state index in [1.165, 1.54) is 12.4 Å². The fraction of sp³-hybridized carbons (Fsp3) is 0.0476. The van der Waals surface area contributed by atoms with Crippen LogP contribution < -0.4 is 10.6 Å². The van der Waals surface area contributed by atoms with Gasteiger partial charge in [-0.3, -0.25) is 20.0 Å². The van der Waals surface area contributed by atoms with Crippen molar-refractivity contribution in [2.45, 2.75) is 6.04 Å². The second kappa shape index (κ2) is 8.53.